The second-order valence-electron chi connectivity index (χ2n) is 4.70. The largest absolute Gasteiger partial charge is 0.352 e. The summed E-state index contributed by atoms with van der Waals surface area (Å²) in [5.41, 5.74) is 1.28. The lowest BCUT2D eigenvalue weighted by Gasteiger charge is -2.05. The minimum atomic E-state index is -0.134. The van der Waals surface area contributed by atoms with E-state index in [1.54, 1.807) is 0 Å². The number of aromatic amines is 1. The molecule has 3 rings (SSSR count). The molecule has 2 aromatic rings. The summed E-state index contributed by atoms with van der Waals surface area (Å²) in [4.78, 5) is 26.2. The van der Waals surface area contributed by atoms with Gasteiger partial charge in [0, 0.05) is 23.5 Å². The predicted molar refractivity (Wildman–Crippen MR) is 69.1 cm³/mol. The van der Waals surface area contributed by atoms with Gasteiger partial charge in [0.1, 0.15) is 0 Å². The Bertz CT molecular complexity index is 656. The maximum atomic E-state index is 11.8. The van der Waals surface area contributed by atoms with E-state index in [1.165, 1.54) is 0 Å². The third-order valence-electron chi connectivity index (χ3n) is 3.23. The molecule has 18 heavy (non-hydrogen) atoms. The van der Waals surface area contributed by atoms with Crippen LogP contribution < -0.4 is 10.9 Å². The molecular formula is C14H14N2O2. The van der Waals surface area contributed by atoms with E-state index in [0.29, 0.717) is 12.1 Å². The van der Waals surface area contributed by atoms with Gasteiger partial charge in [-0.3, -0.25) is 9.59 Å². The lowest BCUT2D eigenvalue weighted by atomic mass is 10.1. The zero-order valence-electron chi connectivity index (χ0n) is 9.90. The number of rotatable bonds is 3. The van der Waals surface area contributed by atoms with Gasteiger partial charge >= 0.3 is 0 Å². The van der Waals surface area contributed by atoms with Gasteiger partial charge in [-0.05, 0) is 30.4 Å². The van der Waals surface area contributed by atoms with Crippen molar-refractivity contribution in [2.45, 2.75) is 19.4 Å². The highest BCUT2D eigenvalue weighted by atomic mass is 16.2. The Balaban J connectivity index is 1.84. The minimum Gasteiger partial charge on any atom is -0.352 e. The van der Waals surface area contributed by atoms with Crippen LogP contribution in [-0.2, 0) is 11.3 Å². The third-order valence-corrected chi connectivity index (χ3v) is 3.23. The fourth-order valence-corrected chi connectivity index (χ4v) is 2.00. The molecule has 1 saturated carbocycles. The van der Waals surface area contributed by atoms with Crippen molar-refractivity contribution in [1.29, 1.82) is 0 Å². The van der Waals surface area contributed by atoms with E-state index in [4.69, 9.17) is 0 Å². The lowest BCUT2D eigenvalue weighted by molar-refractivity contribution is -0.122. The number of hydrogen-bond donors (Lipinski definition) is 2. The van der Waals surface area contributed by atoms with Gasteiger partial charge < -0.3 is 10.3 Å². The van der Waals surface area contributed by atoms with Crippen molar-refractivity contribution in [2.75, 3.05) is 0 Å². The number of nitrogens with one attached hydrogen (secondary N) is 2. The van der Waals surface area contributed by atoms with Crippen LogP contribution in [0.5, 0.6) is 0 Å². The molecule has 0 bridgehead atoms. The van der Waals surface area contributed by atoms with E-state index in [9.17, 15) is 9.59 Å². The van der Waals surface area contributed by atoms with Crippen LogP contribution in [0.3, 0.4) is 0 Å². The third kappa shape index (κ3) is 2.14. The summed E-state index contributed by atoms with van der Waals surface area (Å²) in [7, 11) is 0. The fraction of sp³-hybridized carbons (Fsp3) is 0.286. The van der Waals surface area contributed by atoms with Gasteiger partial charge in [0.2, 0.25) is 5.91 Å². The lowest BCUT2D eigenvalue weighted by Crippen LogP contribution is -2.27. The first kappa shape index (κ1) is 11.0. The Kier molecular flexibility index (Phi) is 2.63. The van der Waals surface area contributed by atoms with Crippen molar-refractivity contribution in [1.82, 2.24) is 10.3 Å². The molecule has 0 saturated heterocycles. The van der Waals surface area contributed by atoms with Gasteiger partial charge in [0.25, 0.3) is 5.56 Å². The van der Waals surface area contributed by atoms with E-state index in [2.05, 4.69) is 10.3 Å². The summed E-state index contributed by atoms with van der Waals surface area (Å²) >= 11 is 0. The summed E-state index contributed by atoms with van der Waals surface area (Å²) in [6.07, 6.45) is 1.94. The highest BCUT2D eigenvalue weighted by Gasteiger charge is 2.29. The van der Waals surface area contributed by atoms with Crippen molar-refractivity contribution in [3.8, 4) is 0 Å². The van der Waals surface area contributed by atoms with Crippen LogP contribution in [0.25, 0.3) is 10.9 Å². The van der Waals surface area contributed by atoms with Crippen LogP contribution in [0.2, 0.25) is 0 Å². The Morgan fingerprint density at radius 2 is 2.11 bits per heavy atom. The topological polar surface area (TPSA) is 62.0 Å². The van der Waals surface area contributed by atoms with Crippen LogP contribution in [0.4, 0.5) is 0 Å². The average molecular weight is 242 g/mol. The van der Waals surface area contributed by atoms with Crippen LogP contribution in [-0.4, -0.2) is 10.9 Å². The molecular weight excluding hydrogens is 228 g/mol. The SMILES string of the molecule is O=C(NCc1cc2ccccc2[nH]c1=O)C1CC1. The van der Waals surface area contributed by atoms with Crippen LogP contribution >= 0.6 is 0 Å². The zero-order chi connectivity index (χ0) is 12.5. The van der Waals surface area contributed by atoms with E-state index < -0.39 is 0 Å². The summed E-state index contributed by atoms with van der Waals surface area (Å²) in [5.74, 6) is 0.229. The minimum absolute atomic E-state index is 0.0579. The van der Waals surface area contributed by atoms with Crippen LogP contribution in [0, 0.1) is 5.92 Å². The number of fused-ring (bicyclic) bond motifs is 1. The molecule has 0 radical (unpaired) electrons. The van der Waals surface area contributed by atoms with Crippen molar-refractivity contribution in [3.63, 3.8) is 0 Å². The van der Waals surface area contributed by atoms with Crippen LogP contribution in [0.15, 0.2) is 35.1 Å². The Labute approximate surface area is 104 Å². The first-order valence-corrected chi connectivity index (χ1v) is 6.13. The maximum Gasteiger partial charge on any atom is 0.253 e. The molecule has 0 spiro atoms. The van der Waals surface area contributed by atoms with E-state index >= 15 is 0 Å². The van der Waals surface area contributed by atoms with Gasteiger partial charge in [-0.2, -0.15) is 0 Å². The number of hydrogen-bond acceptors (Lipinski definition) is 2. The molecule has 1 amide bonds. The fourth-order valence-electron chi connectivity index (χ4n) is 2.00. The first-order valence-electron chi connectivity index (χ1n) is 6.13. The molecule has 92 valence electrons. The molecule has 4 nitrogen and oxygen atoms in total. The molecule has 4 heteroatoms. The smallest absolute Gasteiger partial charge is 0.253 e. The molecule has 2 N–H and O–H groups in total. The van der Waals surface area contributed by atoms with Crippen molar-refractivity contribution >= 4 is 16.8 Å². The Morgan fingerprint density at radius 3 is 2.89 bits per heavy atom. The van der Waals surface area contributed by atoms with Gasteiger partial charge in [0.05, 0.1) is 0 Å². The molecule has 1 aliphatic rings. The number of benzene rings is 1. The maximum absolute atomic E-state index is 11.8. The Hall–Kier alpha value is -2.10. The number of pyridine rings is 1. The molecule has 1 heterocycles. The number of aromatic nitrogens is 1. The van der Waals surface area contributed by atoms with E-state index in [1.807, 2.05) is 30.3 Å². The predicted octanol–water partition coefficient (Wildman–Crippen LogP) is 1.55. The number of amides is 1. The number of carbonyl (C=O) groups is 1. The monoisotopic (exact) mass is 242 g/mol. The van der Waals surface area contributed by atoms with Crippen molar-refractivity contribution in [2.24, 2.45) is 5.92 Å². The molecule has 0 aliphatic heterocycles. The van der Waals surface area contributed by atoms with Crippen LogP contribution in [0.1, 0.15) is 18.4 Å². The average Bonchev–Trinajstić information content (AvgIpc) is 3.20. The van der Waals surface area contributed by atoms with Gasteiger partial charge in [0.15, 0.2) is 0 Å². The molecule has 0 unspecified atom stereocenters. The molecule has 1 aliphatic carbocycles. The normalized spacial score (nSPS) is 14.7. The molecule has 0 atom stereocenters. The quantitative estimate of drug-likeness (QED) is 0.857. The van der Waals surface area contributed by atoms with Crippen molar-refractivity contribution < 1.29 is 4.79 Å². The molecule has 1 fully saturated rings. The second-order valence-corrected chi connectivity index (χ2v) is 4.70. The van der Waals surface area contributed by atoms with Gasteiger partial charge in [-0.1, -0.05) is 18.2 Å². The zero-order valence-corrected chi connectivity index (χ0v) is 9.90. The summed E-state index contributed by atoms with van der Waals surface area (Å²) in [6, 6.07) is 9.45. The first-order chi connectivity index (χ1) is 8.74. The molecule has 1 aromatic carbocycles. The van der Waals surface area contributed by atoms with E-state index in [-0.39, 0.29) is 17.4 Å². The molecule has 1 aromatic heterocycles. The van der Waals surface area contributed by atoms with Gasteiger partial charge in [-0.15, -0.1) is 0 Å². The Morgan fingerprint density at radius 1 is 1.33 bits per heavy atom. The summed E-state index contributed by atoms with van der Waals surface area (Å²) < 4.78 is 0. The summed E-state index contributed by atoms with van der Waals surface area (Å²) in [5, 5.41) is 3.79. The number of carbonyl (C=O) groups excluding carboxylic acids is 1. The van der Waals surface area contributed by atoms with E-state index in [0.717, 1.165) is 23.7 Å². The van der Waals surface area contributed by atoms with Gasteiger partial charge in [-0.25, -0.2) is 0 Å². The number of H-pyrrole nitrogens is 1. The highest BCUT2D eigenvalue weighted by Crippen LogP contribution is 2.28. The van der Waals surface area contributed by atoms with Crippen molar-refractivity contribution in [3.05, 3.63) is 46.2 Å². The second kappa shape index (κ2) is 4.29. The standard InChI is InChI=1S/C14H14N2O2/c17-13(9-5-6-9)15-8-11-7-10-3-1-2-4-12(10)16-14(11)18/h1-4,7,9H,5-6,8H2,(H,15,17)(H,16,18). The summed E-state index contributed by atoms with van der Waals surface area (Å²) in [6.45, 7) is 0.301. The number of para-hydroxylation sites is 1. The highest BCUT2D eigenvalue weighted by molar-refractivity contribution is 5.81.